The van der Waals surface area contributed by atoms with Gasteiger partial charge in [0, 0.05) is 28.8 Å². The molecule has 3 aromatic carbocycles. The van der Waals surface area contributed by atoms with Gasteiger partial charge in [0.1, 0.15) is 7.05 Å². The van der Waals surface area contributed by atoms with E-state index in [1.54, 1.807) is 24.3 Å². The molecule has 0 radical (unpaired) electrons. The van der Waals surface area contributed by atoms with E-state index in [4.69, 9.17) is 0 Å². The Balaban J connectivity index is 1.52. The summed E-state index contributed by atoms with van der Waals surface area (Å²) in [4.78, 5) is 0. The molecule has 7 heteroatoms. The monoisotopic (exact) mass is 512 g/mol. The summed E-state index contributed by atoms with van der Waals surface area (Å²) in [6.07, 6.45) is 1.96. The number of hydrogen-bond donors (Lipinski definition) is 0. The summed E-state index contributed by atoms with van der Waals surface area (Å²) in [5, 5.41) is 0. The Morgan fingerprint density at radius 1 is 0.595 bits per heavy atom. The minimum Gasteiger partial charge on any atom is -0.201 e. The fraction of sp³-hybridized carbons (Fsp3) is 0.233. The van der Waals surface area contributed by atoms with Crippen LogP contribution in [0.2, 0.25) is 0 Å². The lowest BCUT2D eigenvalue weighted by atomic mass is 9.94. The van der Waals surface area contributed by atoms with Crippen molar-refractivity contribution < 1.29 is 30.9 Å². The van der Waals surface area contributed by atoms with Crippen LogP contribution in [0.1, 0.15) is 27.8 Å². The van der Waals surface area contributed by atoms with Gasteiger partial charge in [-0.05, 0) is 66.3 Å². The van der Waals surface area contributed by atoms with E-state index < -0.39 is 28.9 Å². The number of aromatic nitrogens is 1. The second-order valence-electron chi connectivity index (χ2n) is 9.73. The van der Waals surface area contributed by atoms with Gasteiger partial charge in [-0.2, -0.15) is 26.3 Å². The molecule has 0 spiro atoms. The Hall–Kier alpha value is -3.61. The molecule has 0 N–H and O–H groups in total. The smallest absolute Gasteiger partial charge is 0.201 e. The second-order valence-corrected chi connectivity index (χ2v) is 9.73. The molecule has 0 saturated carbocycles. The zero-order valence-corrected chi connectivity index (χ0v) is 20.6. The Bertz CT molecular complexity index is 1540. The Morgan fingerprint density at radius 2 is 1.14 bits per heavy atom. The molecule has 37 heavy (non-hydrogen) atoms. The van der Waals surface area contributed by atoms with Crippen LogP contribution in [-0.2, 0) is 18.9 Å². The maximum absolute atomic E-state index is 14.2. The highest BCUT2D eigenvalue weighted by Crippen LogP contribution is 2.63. The van der Waals surface area contributed by atoms with Crippen molar-refractivity contribution in [3.05, 3.63) is 101 Å². The summed E-state index contributed by atoms with van der Waals surface area (Å²) < 4.78 is 86.2. The van der Waals surface area contributed by atoms with Crippen molar-refractivity contribution in [1.82, 2.24) is 0 Å². The topological polar surface area (TPSA) is 3.88 Å². The van der Waals surface area contributed by atoms with Crippen LogP contribution in [0, 0.1) is 20.8 Å². The zero-order chi connectivity index (χ0) is 26.9. The molecule has 1 aliphatic rings. The summed E-state index contributed by atoms with van der Waals surface area (Å²) in [6.45, 7) is 6.21. The third-order valence-corrected chi connectivity index (χ3v) is 7.27. The highest BCUT2D eigenvalue weighted by Gasteiger charge is 2.79. The van der Waals surface area contributed by atoms with Crippen LogP contribution < -0.4 is 4.57 Å². The fourth-order valence-electron chi connectivity index (χ4n) is 4.97. The van der Waals surface area contributed by atoms with Gasteiger partial charge in [0.25, 0.3) is 0 Å². The molecule has 0 aliphatic heterocycles. The predicted molar refractivity (Wildman–Crippen MR) is 131 cm³/mol. The normalized spacial score (nSPS) is 17.0. The van der Waals surface area contributed by atoms with Crippen LogP contribution in [0.15, 0.2) is 72.9 Å². The summed E-state index contributed by atoms with van der Waals surface area (Å²) >= 11 is 0. The number of alkyl halides is 6. The Kier molecular flexibility index (Phi) is 5.55. The summed E-state index contributed by atoms with van der Waals surface area (Å²) in [7, 11) is 1.97. The van der Waals surface area contributed by atoms with Crippen molar-refractivity contribution in [3.8, 4) is 33.5 Å². The molecule has 0 fully saturated rings. The van der Waals surface area contributed by atoms with Gasteiger partial charge in [0.2, 0.25) is 5.69 Å². The minimum absolute atomic E-state index is 0.157. The zero-order valence-electron chi connectivity index (χ0n) is 20.6. The molecule has 190 valence electrons. The van der Waals surface area contributed by atoms with Crippen LogP contribution in [-0.4, -0.2) is 5.92 Å². The molecule has 1 heterocycles. The summed E-state index contributed by atoms with van der Waals surface area (Å²) in [5.41, 5.74) is 5.39. The van der Waals surface area contributed by atoms with Crippen molar-refractivity contribution in [1.29, 1.82) is 0 Å². The highest BCUT2D eigenvalue weighted by molar-refractivity contribution is 5.74. The lowest BCUT2D eigenvalue weighted by molar-refractivity contribution is -0.660. The number of aryl methyl sites for hydroxylation is 3. The molecule has 1 nitrogen and oxygen atoms in total. The van der Waals surface area contributed by atoms with Gasteiger partial charge in [-0.25, -0.2) is 4.57 Å². The molecule has 0 atom stereocenters. The number of halogens is 6. The van der Waals surface area contributed by atoms with Gasteiger partial charge in [-0.1, -0.05) is 48.0 Å². The second kappa shape index (κ2) is 8.20. The van der Waals surface area contributed by atoms with Gasteiger partial charge < -0.3 is 0 Å². The van der Waals surface area contributed by atoms with E-state index in [9.17, 15) is 26.3 Å². The molecule has 1 aliphatic carbocycles. The van der Waals surface area contributed by atoms with Crippen LogP contribution >= 0.6 is 0 Å². The van der Waals surface area contributed by atoms with Crippen LogP contribution in [0.3, 0.4) is 0 Å². The number of benzene rings is 3. The van der Waals surface area contributed by atoms with Crippen LogP contribution in [0.5, 0.6) is 0 Å². The number of pyridine rings is 1. The number of nitrogens with zero attached hydrogens (tertiary/aromatic N) is 1. The van der Waals surface area contributed by atoms with Crippen molar-refractivity contribution in [2.45, 2.75) is 38.5 Å². The number of fused-ring (bicyclic) bond motifs is 1. The first kappa shape index (κ1) is 25.1. The average molecular weight is 513 g/mol. The van der Waals surface area contributed by atoms with E-state index >= 15 is 0 Å². The van der Waals surface area contributed by atoms with E-state index in [2.05, 4.69) is 39.0 Å². The van der Waals surface area contributed by atoms with E-state index in [-0.39, 0.29) is 5.56 Å². The van der Waals surface area contributed by atoms with Crippen molar-refractivity contribution in [2.75, 3.05) is 0 Å². The van der Waals surface area contributed by atoms with E-state index in [1.807, 2.05) is 23.9 Å². The van der Waals surface area contributed by atoms with E-state index in [1.165, 1.54) is 17.2 Å². The minimum atomic E-state index is -5.49. The maximum atomic E-state index is 14.2. The fourth-order valence-corrected chi connectivity index (χ4v) is 4.97. The largest absolute Gasteiger partial charge is 0.380 e. The molecular weight excluding hydrogens is 488 g/mol. The Labute approximate surface area is 211 Å². The third kappa shape index (κ3) is 3.66. The van der Waals surface area contributed by atoms with Crippen LogP contribution in [0.4, 0.5) is 26.3 Å². The first-order valence-electron chi connectivity index (χ1n) is 11.7. The lowest BCUT2D eigenvalue weighted by Crippen LogP contribution is -2.43. The van der Waals surface area contributed by atoms with Gasteiger partial charge >= 0.3 is 17.8 Å². The molecule has 0 amide bonds. The van der Waals surface area contributed by atoms with Crippen molar-refractivity contribution >= 4 is 0 Å². The Morgan fingerprint density at radius 3 is 1.76 bits per heavy atom. The van der Waals surface area contributed by atoms with Gasteiger partial charge in [-0.15, -0.1) is 0 Å². The third-order valence-electron chi connectivity index (χ3n) is 7.27. The predicted octanol–water partition coefficient (Wildman–Crippen LogP) is 8.27. The van der Waals surface area contributed by atoms with E-state index in [0.717, 1.165) is 34.0 Å². The summed E-state index contributed by atoms with van der Waals surface area (Å²) in [6, 6.07) is 17.8. The maximum Gasteiger partial charge on any atom is 0.380 e. The van der Waals surface area contributed by atoms with E-state index in [0.29, 0.717) is 11.6 Å². The van der Waals surface area contributed by atoms with Gasteiger partial charge in [0.15, 0.2) is 6.20 Å². The molecule has 0 saturated heterocycles. The standard InChI is InChI=1S/C30H24F6N/c1-17-13-18(2)19(3)24(14-17)27-16-23(11-12-37(27)4)21-7-5-20(6-8-21)22-9-10-25-26(15-22)29(33,34)30(35,36)28(25,31)32/h5-16H,1-4H3/q+1. The molecule has 1 aromatic heterocycles. The first-order chi connectivity index (χ1) is 17.3. The molecule has 4 aromatic rings. The molecule has 0 bridgehead atoms. The highest BCUT2D eigenvalue weighted by atomic mass is 19.3. The van der Waals surface area contributed by atoms with Gasteiger partial charge in [0.05, 0.1) is 0 Å². The number of hydrogen-bond acceptors (Lipinski definition) is 0. The molecular formula is C30H24F6N+. The quantitative estimate of drug-likeness (QED) is 0.192. The average Bonchev–Trinajstić information content (AvgIpc) is 2.96. The lowest BCUT2D eigenvalue weighted by Gasteiger charge is -2.23. The molecule has 5 rings (SSSR count). The number of rotatable bonds is 3. The van der Waals surface area contributed by atoms with Gasteiger partial charge in [-0.3, -0.25) is 0 Å². The SMILES string of the molecule is Cc1cc(C)c(C)c(-c2cc(-c3ccc(-c4ccc5c(c4)C(F)(F)C(F)(F)C5(F)F)cc3)cc[n+]2C)c1. The van der Waals surface area contributed by atoms with Crippen molar-refractivity contribution in [3.63, 3.8) is 0 Å². The molecule has 0 unspecified atom stereocenters. The van der Waals surface area contributed by atoms with Crippen LogP contribution in [0.25, 0.3) is 33.5 Å². The van der Waals surface area contributed by atoms with Crippen molar-refractivity contribution in [2.24, 2.45) is 7.05 Å². The summed E-state index contributed by atoms with van der Waals surface area (Å²) in [5.74, 6) is -15.4. The first-order valence-corrected chi connectivity index (χ1v) is 11.7.